The van der Waals surface area contributed by atoms with Gasteiger partial charge in [-0.25, -0.2) is 4.98 Å². The van der Waals surface area contributed by atoms with Crippen molar-refractivity contribution in [2.75, 3.05) is 12.4 Å². The summed E-state index contributed by atoms with van der Waals surface area (Å²) < 4.78 is 2.07. The third-order valence-electron chi connectivity index (χ3n) is 3.36. The Morgan fingerprint density at radius 1 is 1.09 bits per heavy atom. The Bertz CT molecular complexity index is 741. The van der Waals surface area contributed by atoms with Gasteiger partial charge in [-0.3, -0.25) is 4.98 Å². The average Bonchev–Trinajstić information content (AvgIpc) is 2.91. The summed E-state index contributed by atoms with van der Waals surface area (Å²) in [5, 5.41) is 9.96. The Balaban J connectivity index is 2.15. The van der Waals surface area contributed by atoms with E-state index in [9.17, 15) is 0 Å². The predicted octanol–water partition coefficient (Wildman–Crippen LogP) is 3.23. The molecule has 4 nitrogen and oxygen atoms in total. The summed E-state index contributed by atoms with van der Waals surface area (Å²) in [6.07, 6.45) is 3.62. The van der Waals surface area contributed by atoms with E-state index in [0.29, 0.717) is 5.75 Å². The summed E-state index contributed by atoms with van der Waals surface area (Å²) in [5.74, 6) is 0.631. The lowest BCUT2D eigenvalue weighted by molar-refractivity contribution is 0.322. The van der Waals surface area contributed by atoms with E-state index in [1.165, 1.54) is 0 Å². The van der Waals surface area contributed by atoms with Crippen LogP contribution in [-0.2, 0) is 7.05 Å². The van der Waals surface area contributed by atoms with Gasteiger partial charge in [0.15, 0.2) is 5.16 Å². The minimum absolute atomic E-state index is 0.139. The highest BCUT2D eigenvalue weighted by molar-refractivity contribution is 7.99. The molecule has 0 saturated carbocycles. The predicted molar refractivity (Wildman–Crippen MR) is 89.7 cm³/mol. The van der Waals surface area contributed by atoms with Crippen molar-refractivity contribution in [2.24, 2.45) is 7.05 Å². The topological polar surface area (TPSA) is 50.9 Å². The summed E-state index contributed by atoms with van der Waals surface area (Å²) >= 11 is 1.55. The van der Waals surface area contributed by atoms with E-state index in [1.54, 1.807) is 18.0 Å². The van der Waals surface area contributed by atoms with E-state index in [2.05, 4.69) is 21.7 Å². The van der Waals surface area contributed by atoms with Crippen LogP contribution in [0.2, 0.25) is 0 Å². The first-order valence-corrected chi connectivity index (χ1v) is 8.06. The van der Waals surface area contributed by atoms with E-state index in [4.69, 9.17) is 10.1 Å². The molecule has 0 spiro atoms. The maximum Gasteiger partial charge on any atom is 0.168 e. The van der Waals surface area contributed by atoms with Crippen molar-refractivity contribution < 1.29 is 5.11 Å². The van der Waals surface area contributed by atoms with Gasteiger partial charge < -0.3 is 9.67 Å². The lowest BCUT2D eigenvalue weighted by Crippen LogP contribution is -1.96. The number of nitrogens with zero attached hydrogens (tertiary/aromatic N) is 3. The minimum atomic E-state index is 0.139. The van der Waals surface area contributed by atoms with Crippen molar-refractivity contribution in [1.29, 1.82) is 0 Å². The summed E-state index contributed by atoms with van der Waals surface area (Å²) in [5.41, 5.74) is 4.09. The Hall–Kier alpha value is -2.11. The Labute approximate surface area is 133 Å². The second-order valence-electron chi connectivity index (χ2n) is 4.83. The SMILES string of the molecule is Cn1c(SCCO)nc(-c2ccccc2)c1-c1cccnc1. The number of rotatable bonds is 5. The molecule has 0 unspecified atom stereocenters. The molecule has 5 heteroatoms. The molecule has 0 fully saturated rings. The van der Waals surface area contributed by atoms with Crippen LogP contribution in [0.3, 0.4) is 0 Å². The standard InChI is InChI=1S/C17H17N3OS/c1-20-16(14-8-5-9-18-12-14)15(13-6-3-2-4-7-13)19-17(20)22-11-10-21/h2-9,12,21H,10-11H2,1H3. The van der Waals surface area contributed by atoms with Crippen molar-refractivity contribution in [3.05, 3.63) is 54.9 Å². The Morgan fingerprint density at radius 3 is 2.55 bits per heavy atom. The van der Waals surface area contributed by atoms with E-state index in [1.807, 2.05) is 43.6 Å². The van der Waals surface area contributed by atoms with Gasteiger partial charge >= 0.3 is 0 Å². The van der Waals surface area contributed by atoms with Crippen molar-refractivity contribution in [3.8, 4) is 22.5 Å². The average molecular weight is 311 g/mol. The highest BCUT2D eigenvalue weighted by atomic mass is 32.2. The van der Waals surface area contributed by atoms with Gasteiger partial charge in [-0.05, 0) is 12.1 Å². The highest BCUT2D eigenvalue weighted by Crippen LogP contribution is 2.34. The number of thioether (sulfide) groups is 1. The normalized spacial score (nSPS) is 10.8. The van der Waals surface area contributed by atoms with Crippen molar-refractivity contribution in [2.45, 2.75) is 5.16 Å². The fraction of sp³-hybridized carbons (Fsp3) is 0.176. The molecule has 0 bridgehead atoms. The molecule has 2 aromatic heterocycles. The molecule has 22 heavy (non-hydrogen) atoms. The number of aromatic nitrogens is 3. The quantitative estimate of drug-likeness (QED) is 0.735. The number of aliphatic hydroxyl groups excluding tert-OH is 1. The van der Waals surface area contributed by atoms with Gasteiger partial charge in [-0.15, -0.1) is 0 Å². The second-order valence-corrected chi connectivity index (χ2v) is 5.89. The van der Waals surface area contributed by atoms with Crippen molar-refractivity contribution in [1.82, 2.24) is 14.5 Å². The Kier molecular flexibility index (Phi) is 4.56. The molecule has 2 heterocycles. The maximum absolute atomic E-state index is 9.06. The molecule has 112 valence electrons. The summed E-state index contributed by atoms with van der Waals surface area (Å²) in [6, 6.07) is 14.1. The van der Waals surface area contributed by atoms with Gasteiger partial charge in [0.25, 0.3) is 0 Å². The zero-order valence-corrected chi connectivity index (χ0v) is 13.1. The summed E-state index contributed by atoms with van der Waals surface area (Å²) in [4.78, 5) is 9.00. The van der Waals surface area contributed by atoms with E-state index >= 15 is 0 Å². The fourth-order valence-corrected chi connectivity index (χ4v) is 3.09. The van der Waals surface area contributed by atoms with Crippen molar-refractivity contribution >= 4 is 11.8 Å². The van der Waals surface area contributed by atoms with Crippen LogP contribution in [0.25, 0.3) is 22.5 Å². The zero-order valence-electron chi connectivity index (χ0n) is 12.3. The molecule has 0 saturated heterocycles. The van der Waals surface area contributed by atoms with Crippen LogP contribution < -0.4 is 0 Å². The number of pyridine rings is 1. The minimum Gasteiger partial charge on any atom is -0.396 e. The molecule has 0 atom stereocenters. The van der Waals surface area contributed by atoms with Gasteiger partial charge in [0.2, 0.25) is 0 Å². The van der Waals surface area contributed by atoms with Crippen LogP contribution in [0.15, 0.2) is 60.0 Å². The van der Waals surface area contributed by atoms with E-state index in [-0.39, 0.29) is 6.61 Å². The van der Waals surface area contributed by atoms with E-state index in [0.717, 1.165) is 27.7 Å². The van der Waals surface area contributed by atoms with Gasteiger partial charge in [0.05, 0.1) is 18.0 Å². The first-order chi connectivity index (χ1) is 10.8. The van der Waals surface area contributed by atoms with E-state index < -0.39 is 0 Å². The first kappa shape index (κ1) is 14.8. The number of hydrogen-bond acceptors (Lipinski definition) is 4. The lowest BCUT2D eigenvalue weighted by atomic mass is 10.1. The maximum atomic E-state index is 9.06. The molecule has 1 aromatic carbocycles. The molecule has 1 N–H and O–H groups in total. The summed E-state index contributed by atoms with van der Waals surface area (Å²) in [6.45, 7) is 0.139. The lowest BCUT2D eigenvalue weighted by Gasteiger charge is -2.07. The molecule has 0 radical (unpaired) electrons. The van der Waals surface area contributed by atoms with Gasteiger partial charge in [0, 0.05) is 36.3 Å². The van der Waals surface area contributed by atoms with Gasteiger partial charge in [-0.2, -0.15) is 0 Å². The third-order valence-corrected chi connectivity index (χ3v) is 4.37. The highest BCUT2D eigenvalue weighted by Gasteiger charge is 2.18. The molecule has 3 aromatic rings. The number of imidazole rings is 1. The monoisotopic (exact) mass is 311 g/mol. The molecule has 3 rings (SSSR count). The molecule has 0 aliphatic rings. The smallest absolute Gasteiger partial charge is 0.168 e. The molecular formula is C17H17N3OS. The zero-order chi connectivity index (χ0) is 15.4. The third kappa shape index (κ3) is 2.91. The van der Waals surface area contributed by atoms with Crippen LogP contribution >= 0.6 is 11.8 Å². The van der Waals surface area contributed by atoms with Crippen LogP contribution in [0.4, 0.5) is 0 Å². The van der Waals surface area contributed by atoms with Gasteiger partial charge in [0.1, 0.15) is 0 Å². The molecule has 0 amide bonds. The van der Waals surface area contributed by atoms with Crippen molar-refractivity contribution in [3.63, 3.8) is 0 Å². The second kappa shape index (κ2) is 6.77. The molecular weight excluding hydrogens is 294 g/mol. The molecule has 0 aliphatic carbocycles. The first-order valence-electron chi connectivity index (χ1n) is 7.07. The number of aliphatic hydroxyl groups is 1. The fourth-order valence-electron chi connectivity index (χ4n) is 2.37. The van der Waals surface area contributed by atoms with Crippen LogP contribution in [0.5, 0.6) is 0 Å². The summed E-state index contributed by atoms with van der Waals surface area (Å²) in [7, 11) is 2.00. The Morgan fingerprint density at radius 2 is 1.86 bits per heavy atom. The number of hydrogen-bond donors (Lipinski definition) is 1. The largest absolute Gasteiger partial charge is 0.396 e. The van der Waals surface area contributed by atoms with Crippen LogP contribution in [0, 0.1) is 0 Å². The van der Waals surface area contributed by atoms with Gasteiger partial charge in [-0.1, -0.05) is 42.1 Å². The van der Waals surface area contributed by atoms with Crippen LogP contribution in [0.1, 0.15) is 0 Å². The number of benzene rings is 1. The molecule has 0 aliphatic heterocycles. The van der Waals surface area contributed by atoms with Crippen LogP contribution in [-0.4, -0.2) is 32.0 Å².